The molecule has 0 radical (unpaired) electrons. The molecule has 5 heteroatoms. The highest BCUT2D eigenvalue weighted by molar-refractivity contribution is 8.14. The lowest BCUT2D eigenvalue weighted by atomic mass is 10.4. The number of hydrogen-bond donors (Lipinski definition) is 1. The highest BCUT2D eigenvalue weighted by Gasteiger charge is 2.15. The second-order valence-corrected chi connectivity index (χ2v) is 5.76. The van der Waals surface area contributed by atoms with E-state index >= 15 is 0 Å². The molecule has 0 aromatic carbocycles. The van der Waals surface area contributed by atoms with Crippen LogP contribution in [-0.2, 0) is 13.0 Å². The molecule has 1 aromatic rings. The van der Waals surface area contributed by atoms with Crippen molar-refractivity contribution in [2.45, 2.75) is 32.9 Å². The Hall–Kier alpha value is -0.550. The molecule has 0 spiro atoms. The fourth-order valence-electron chi connectivity index (χ4n) is 1.31. The van der Waals surface area contributed by atoms with Crippen LogP contribution in [0, 0.1) is 0 Å². The fraction of sp³-hybridized carbons (Fsp3) is 0.600. The highest BCUT2D eigenvalue weighted by Crippen LogP contribution is 2.17. The van der Waals surface area contributed by atoms with Crippen molar-refractivity contribution in [3.63, 3.8) is 0 Å². The summed E-state index contributed by atoms with van der Waals surface area (Å²) in [5, 5.41) is 5.51. The van der Waals surface area contributed by atoms with Gasteiger partial charge in [0.25, 0.3) is 0 Å². The summed E-state index contributed by atoms with van der Waals surface area (Å²) >= 11 is 3.56. The number of aromatic nitrogens is 1. The van der Waals surface area contributed by atoms with Crippen LogP contribution in [0.15, 0.2) is 11.2 Å². The number of hydrogen-bond acceptors (Lipinski definition) is 4. The zero-order chi connectivity index (χ0) is 10.7. The van der Waals surface area contributed by atoms with Gasteiger partial charge in [0.15, 0.2) is 5.17 Å². The predicted octanol–water partition coefficient (Wildman–Crippen LogP) is 2.29. The number of aliphatic imine (C=N–C) groups is 1. The Morgan fingerprint density at radius 3 is 3.13 bits per heavy atom. The van der Waals surface area contributed by atoms with Gasteiger partial charge in [-0.2, -0.15) is 0 Å². The van der Waals surface area contributed by atoms with Crippen molar-refractivity contribution in [3.8, 4) is 0 Å². The highest BCUT2D eigenvalue weighted by atomic mass is 32.2. The Morgan fingerprint density at radius 1 is 1.67 bits per heavy atom. The maximum Gasteiger partial charge on any atom is 0.157 e. The van der Waals surface area contributed by atoms with Crippen molar-refractivity contribution in [1.29, 1.82) is 0 Å². The Morgan fingerprint density at radius 2 is 2.53 bits per heavy atom. The number of nitrogens with one attached hydrogen (secondary N) is 1. The molecule has 1 fully saturated rings. The van der Waals surface area contributed by atoms with Gasteiger partial charge < -0.3 is 5.32 Å². The lowest BCUT2D eigenvalue weighted by Crippen LogP contribution is -2.23. The minimum atomic E-state index is 0.552. The van der Waals surface area contributed by atoms with Crippen molar-refractivity contribution in [1.82, 2.24) is 10.3 Å². The Labute approximate surface area is 98.4 Å². The SMILES string of the molecule is CCc1cnc(CN=C2NC(C)CS2)s1. The number of thiazole rings is 1. The summed E-state index contributed by atoms with van der Waals surface area (Å²) in [4.78, 5) is 10.2. The number of amidine groups is 1. The van der Waals surface area contributed by atoms with Crippen molar-refractivity contribution in [2.24, 2.45) is 4.99 Å². The van der Waals surface area contributed by atoms with E-state index in [4.69, 9.17) is 0 Å². The predicted molar refractivity (Wildman–Crippen MR) is 67.7 cm³/mol. The van der Waals surface area contributed by atoms with E-state index in [1.54, 1.807) is 23.1 Å². The van der Waals surface area contributed by atoms with Crippen LogP contribution >= 0.6 is 23.1 Å². The molecule has 1 N–H and O–H groups in total. The maximum atomic E-state index is 4.51. The van der Waals surface area contributed by atoms with Crippen LogP contribution in [0.25, 0.3) is 0 Å². The lowest BCUT2D eigenvalue weighted by molar-refractivity contribution is 0.764. The summed E-state index contributed by atoms with van der Waals surface area (Å²) in [5.41, 5.74) is 0. The van der Waals surface area contributed by atoms with Crippen LogP contribution < -0.4 is 5.32 Å². The van der Waals surface area contributed by atoms with Crippen molar-refractivity contribution < 1.29 is 0 Å². The fourth-order valence-corrected chi connectivity index (χ4v) is 3.03. The monoisotopic (exact) mass is 241 g/mol. The van der Waals surface area contributed by atoms with Gasteiger partial charge in [-0.15, -0.1) is 11.3 Å². The first kappa shape index (κ1) is 11.0. The van der Waals surface area contributed by atoms with E-state index in [9.17, 15) is 0 Å². The first-order valence-corrected chi connectivity index (χ1v) is 6.95. The summed E-state index contributed by atoms with van der Waals surface area (Å²) in [6.45, 7) is 5.04. The van der Waals surface area contributed by atoms with Crippen molar-refractivity contribution in [3.05, 3.63) is 16.1 Å². The van der Waals surface area contributed by atoms with Crippen molar-refractivity contribution in [2.75, 3.05) is 5.75 Å². The molecule has 2 rings (SSSR count). The van der Waals surface area contributed by atoms with Gasteiger partial charge in [0, 0.05) is 22.9 Å². The molecule has 82 valence electrons. The molecule has 1 aromatic heterocycles. The van der Waals surface area contributed by atoms with Gasteiger partial charge in [0.1, 0.15) is 5.01 Å². The van der Waals surface area contributed by atoms with Crippen LogP contribution in [-0.4, -0.2) is 21.9 Å². The molecule has 1 atom stereocenters. The minimum Gasteiger partial charge on any atom is -0.362 e. The third kappa shape index (κ3) is 2.95. The smallest absolute Gasteiger partial charge is 0.157 e. The van der Waals surface area contributed by atoms with Gasteiger partial charge in [-0.25, -0.2) is 4.98 Å². The van der Waals surface area contributed by atoms with E-state index in [0.717, 1.165) is 22.3 Å². The summed E-state index contributed by atoms with van der Waals surface area (Å²) in [6, 6.07) is 0.552. The molecule has 0 aliphatic carbocycles. The van der Waals surface area contributed by atoms with Crippen LogP contribution in [0.1, 0.15) is 23.7 Å². The molecule has 0 amide bonds. The Bertz CT molecular complexity index is 359. The molecule has 1 aliphatic heterocycles. The summed E-state index contributed by atoms with van der Waals surface area (Å²) in [5.74, 6) is 1.12. The van der Waals surface area contributed by atoms with E-state index in [2.05, 4.69) is 29.1 Å². The topological polar surface area (TPSA) is 37.3 Å². The van der Waals surface area contributed by atoms with Crippen LogP contribution in [0.5, 0.6) is 0 Å². The average molecular weight is 241 g/mol. The quantitative estimate of drug-likeness (QED) is 0.882. The van der Waals surface area contributed by atoms with Gasteiger partial charge in [-0.05, 0) is 13.3 Å². The second kappa shape index (κ2) is 4.99. The third-order valence-electron chi connectivity index (χ3n) is 2.15. The van der Waals surface area contributed by atoms with Gasteiger partial charge in [-0.3, -0.25) is 4.99 Å². The summed E-state index contributed by atoms with van der Waals surface area (Å²) < 4.78 is 0. The van der Waals surface area contributed by atoms with Gasteiger partial charge >= 0.3 is 0 Å². The van der Waals surface area contributed by atoms with E-state index in [1.165, 1.54) is 4.88 Å². The van der Waals surface area contributed by atoms with E-state index < -0.39 is 0 Å². The van der Waals surface area contributed by atoms with E-state index in [-0.39, 0.29) is 0 Å². The lowest BCUT2D eigenvalue weighted by Gasteiger charge is -1.99. The molecule has 1 unspecified atom stereocenters. The van der Waals surface area contributed by atoms with Crippen LogP contribution in [0.4, 0.5) is 0 Å². The van der Waals surface area contributed by atoms with Crippen molar-refractivity contribution >= 4 is 28.3 Å². The third-order valence-corrected chi connectivity index (χ3v) is 4.46. The normalized spacial score (nSPS) is 23.3. The molecule has 15 heavy (non-hydrogen) atoms. The molecule has 2 heterocycles. The Kier molecular flexibility index (Phi) is 3.64. The molecule has 3 nitrogen and oxygen atoms in total. The number of rotatable bonds is 3. The molecular weight excluding hydrogens is 226 g/mol. The molecular formula is C10H15N3S2. The molecule has 0 bridgehead atoms. The van der Waals surface area contributed by atoms with Crippen LogP contribution in [0.2, 0.25) is 0 Å². The molecule has 0 saturated carbocycles. The first-order valence-electron chi connectivity index (χ1n) is 5.15. The zero-order valence-corrected chi connectivity index (χ0v) is 10.6. The van der Waals surface area contributed by atoms with Crippen LogP contribution in [0.3, 0.4) is 0 Å². The number of aryl methyl sites for hydroxylation is 1. The molecule has 1 saturated heterocycles. The summed E-state index contributed by atoms with van der Waals surface area (Å²) in [6.07, 6.45) is 3.02. The number of nitrogens with zero attached hydrogens (tertiary/aromatic N) is 2. The van der Waals surface area contributed by atoms with Gasteiger partial charge in [0.2, 0.25) is 0 Å². The van der Waals surface area contributed by atoms with Gasteiger partial charge in [-0.1, -0.05) is 18.7 Å². The molecule has 1 aliphatic rings. The average Bonchev–Trinajstić information content (AvgIpc) is 2.83. The minimum absolute atomic E-state index is 0.552. The summed E-state index contributed by atoms with van der Waals surface area (Å²) in [7, 11) is 0. The van der Waals surface area contributed by atoms with Gasteiger partial charge in [0.05, 0.1) is 6.54 Å². The number of thioether (sulfide) groups is 1. The largest absolute Gasteiger partial charge is 0.362 e. The second-order valence-electron chi connectivity index (χ2n) is 3.55. The van der Waals surface area contributed by atoms with E-state index in [1.807, 2.05) is 6.20 Å². The zero-order valence-electron chi connectivity index (χ0n) is 8.99. The maximum absolute atomic E-state index is 4.51. The standard InChI is InChI=1S/C10H15N3S2/c1-3-8-4-11-9(15-8)5-12-10-13-7(2)6-14-10/h4,7H,3,5-6H2,1-2H3,(H,12,13). The van der Waals surface area contributed by atoms with E-state index in [0.29, 0.717) is 12.6 Å². The first-order chi connectivity index (χ1) is 7.28. The Balaban J connectivity index is 1.92.